The van der Waals surface area contributed by atoms with Crippen LogP contribution in [0.15, 0.2) is 28.8 Å². The van der Waals surface area contributed by atoms with E-state index in [2.05, 4.69) is 27.8 Å². The number of rotatable bonds is 4. The van der Waals surface area contributed by atoms with E-state index in [1.807, 2.05) is 4.90 Å². The van der Waals surface area contributed by atoms with Gasteiger partial charge in [0.2, 0.25) is 0 Å². The Morgan fingerprint density at radius 1 is 1.32 bits per heavy atom. The van der Waals surface area contributed by atoms with Crippen molar-refractivity contribution in [2.45, 2.75) is 25.6 Å². The fourth-order valence-electron chi connectivity index (χ4n) is 2.90. The van der Waals surface area contributed by atoms with Crippen molar-refractivity contribution in [3.05, 3.63) is 39.9 Å². The van der Waals surface area contributed by atoms with E-state index in [0.717, 1.165) is 11.6 Å². The molecular formula is C16H22BrCl2F3N2O. The maximum Gasteiger partial charge on any atom is 0.416 e. The maximum absolute atomic E-state index is 13.4. The third-order valence-corrected chi connectivity index (χ3v) is 4.58. The van der Waals surface area contributed by atoms with Crippen LogP contribution in [0.1, 0.15) is 30.5 Å². The van der Waals surface area contributed by atoms with E-state index < -0.39 is 17.8 Å². The Kier molecular flexibility index (Phi) is 9.83. The largest absolute Gasteiger partial charge is 0.506 e. The lowest BCUT2D eigenvalue weighted by Crippen LogP contribution is -2.45. The van der Waals surface area contributed by atoms with Crippen molar-refractivity contribution in [2.75, 3.05) is 26.2 Å². The lowest BCUT2D eigenvalue weighted by molar-refractivity contribution is -0.139. The summed E-state index contributed by atoms with van der Waals surface area (Å²) in [7, 11) is 0. The first-order valence-corrected chi connectivity index (χ1v) is 8.19. The molecule has 3 nitrogen and oxygen atoms in total. The van der Waals surface area contributed by atoms with E-state index in [-0.39, 0.29) is 40.6 Å². The molecule has 1 aromatic carbocycles. The number of piperazine rings is 1. The van der Waals surface area contributed by atoms with Gasteiger partial charge in [0, 0.05) is 37.8 Å². The molecule has 0 aliphatic carbocycles. The maximum atomic E-state index is 13.4. The van der Waals surface area contributed by atoms with Crippen molar-refractivity contribution in [3.8, 4) is 5.75 Å². The molecule has 1 aliphatic rings. The quantitative estimate of drug-likeness (QED) is 0.619. The van der Waals surface area contributed by atoms with Gasteiger partial charge in [-0.2, -0.15) is 13.2 Å². The van der Waals surface area contributed by atoms with Gasteiger partial charge < -0.3 is 10.4 Å². The smallest absolute Gasteiger partial charge is 0.416 e. The fraction of sp³-hybridized carbons (Fsp3) is 0.500. The minimum atomic E-state index is -4.52. The van der Waals surface area contributed by atoms with Gasteiger partial charge >= 0.3 is 6.18 Å². The molecule has 144 valence electrons. The molecule has 9 heteroatoms. The third-order valence-electron chi connectivity index (χ3n) is 3.94. The molecular weight excluding hydrogens is 444 g/mol. The van der Waals surface area contributed by atoms with Gasteiger partial charge in [-0.3, -0.25) is 4.90 Å². The number of alkyl halides is 3. The van der Waals surface area contributed by atoms with E-state index in [0.29, 0.717) is 32.6 Å². The summed E-state index contributed by atoms with van der Waals surface area (Å²) in [5, 5.41) is 13.5. The molecule has 2 N–H and O–H groups in total. The first kappa shape index (κ1) is 24.5. The van der Waals surface area contributed by atoms with Crippen LogP contribution >= 0.6 is 40.7 Å². The zero-order valence-corrected chi connectivity index (χ0v) is 16.9. The number of hydrogen-bond acceptors (Lipinski definition) is 3. The summed E-state index contributed by atoms with van der Waals surface area (Å²) in [4.78, 5) is 1.97. The summed E-state index contributed by atoms with van der Waals surface area (Å²) >= 11 is 3.13. The second-order valence-electron chi connectivity index (χ2n) is 5.82. The molecule has 1 aliphatic heterocycles. The molecule has 0 aromatic heterocycles. The van der Waals surface area contributed by atoms with Crippen LogP contribution in [-0.4, -0.2) is 36.2 Å². The minimum absolute atomic E-state index is 0. The Hall–Kier alpha value is -0.470. The first-order chi connectivity index (χ1) is 10.7. The van der Waals surface area contributed by atoms with Crippen molar-refractivity contribution in [2.24, 2.45) is 0 Å². The summed E-state index contributed by atoms with van der Waals surface area (Å²) in [5.41, 5.74) is -0.0826. The van der Waals surface area contributed by atoms with Crippen molar-refractivity contribution < 1.29 is 18.3 Å². The third kappa shape index (κ3) is 6.03. The first-order valence-electron chi connectivity index (χ1n) is 7.39. The zero-order chi connectivity index (χ0) is 17.2. The number of phenols is 1. The standard InChI is InChI=1S/C16H20BrF3N2O.2ClH/c1-10(2)9-13(22-7-5-21-6-8-22)14-11(16(18,19)20)3-4-12(17)15(14)23;;/h3-4,13,21,23H,1,5-9H2,2H3;2*1H/t13-;;/m0../s1. The average Bonchev–Trinajstić information content (AvgIpc) is 2.47. The van der Waals surface area contributed by atoms with Crippen molar-refractivity contribution in [3.63, 3.8) is 0 Å². The summed E-state index contributed by atoms with van der Waals surface area (Å²) in [6, 6.07) is 1.70. The number of benzene rings is 1. The SMILES string of the molecule is C=C(C)C[C@@H](c1c(C(F)(F)F)ccc(Br)c1O)N1CCNCC1.Cl.Cl. The lowest BCUT2D eigenvalue weighted by Gasteiger charge is -2.37. The second-order valence-corrected chi connectivity index (χ2v) is 6.67. The summed E-state index contributed by atoms with van der Waals surface area (Å²) in [6.07, 6.45) is -4.15. The Balaban J connectivity index is 0.00000288. The van der Waals surface area contributed by atoms with Crippen LogP contribution in [0.3, 0.4) is 0 Å². The second kappa shape index (κ2) is 10.0. The number of phenolic OH excluding ortho intramolecular Hbond substituents is 1. The van der Waals surface area contributed by atoms with E-state index in [1.54, 1.807) is 6.92 Å². The van der Waals surface area contributed by atoms with Crippen molar-refractivity contribution in [1.29, 1.82) is 0 Å². The molecule has 0 spiro atoms. The van der Waals surface area contributed by atoms with Crippen LogP contribution < -0.4 is 5.32 Å². The van der Waals surface area contributed by atoms with E-state index in [1.165, 1.54) is 6.07 Å². The Morgan fingerprint density at radius 3 is 2.36 bits per heavy atom. The number of aromatic hydroxyl groups is 1. The molecule has 0 amide bonds. The topological polar surface area (TPSA) is 35.5 Å². The van der Waals surface area contributed by atoms with Crippen LogP contribution in [0.2, 0.25) is 0 Å². The van der Waals surface area contributed by atoms with Gasteiger partial charge in [0.15, 0.2) is 0 Å². The van der Waals surface area contributed by atoms with Crippen LogP contribution in [0, 0.1) is 0 Å². The zero-order valence-electron chi connectivity index (χ0n) is 13.7. The number of hydrogen-bond donors (Lipinski definition) is 2. The summed E-state index contributed by atoms with van der Waals surface area (Å²) in [6.45, 7) is 8.31. The molecule has 1 aromatic rings. The molecule has 0 radical (unpaired) electrons. The molecule has 0 unspecified atom stereocenters. The molecule has 0 bridgehead atoms. The molecule has 0 saturated carbocycles. The molecule has 1 heterocycles. The molecule has 1 fully saturated rings. The van der Waals surface area contributed by atoms with Gasteiger partial charge in [0.1, 0.15) is 5.75 Å². The highest BCUT2D eigenvalue weighted by Crippen LogP contribution is 2.45. The average molecular weight is 466 g/mol. The number of nitrogens with zero attached hydrogens (tertiary/aromatic N) is 1. The van der Waals surface area contributed by atoms with Gasteiger partial charge in [-0.1, -0.05) is 5.57 Å². The van der Waals surface area contributed by atoms with Crippen LogP contribution in [-0.2, 0) is 6.18 Å². The van der Waals surface area contributed by atoms with Gasteiger partial charge in [-0.15, -0.1) is 31.4 Å². The lowest BCUT2D eigenvalue weighted by atomic mass is 9.92. The van der Waals surface area contributed by atoms with E-state index in [4.69, 9.17) is 0 Å². The molecule has 1 saturated heterocycles. The Morgan fingerprint density at radius 2 is 1.88 bits per heavy atom. The van der Waals surface area contributed by atoms with Crippen molar-refractivity contribution >= 4 is 40.7 Å². The molecule has 1 atom stereocenters. The van der Waals surface area contributed by atoms with Gasteiger partial charge in [0.25, 0.3) is 0 Å². The van der Waals surface area contributed by atoms with Gasteiger partial charge in [-0.05, 0) is 41.4 Å². The van der Waals surface area contributed by atoms with Gasteiger partial charge in [0.05, 0.1) is 10.0 Å². The van der Waals surface area contributed by atoms with E-state index >= 15 is 0 Å². The van der Waals surface area contributed by atoms with E-state index in [9.17, 15) is 18.3 Å². The number of nitrogens with one attached hydrogen (secondary N) is 1. The summed E-state index contributed by atoms with van der Waals surface area (Å²) < 4.78 is 40.6. The fourth-order valence-corrected chi connectivity index (χ4v) is 3.25. The number of halogens is 6. The highest BCUT2D eigenvalue weighted by molar-refractivity contribution is 9.10. The monoisotopic (exact) mass is 464 g/mol. The van der Waals surface area contributed by atoms with Crippen molar-refractivity contribution in [1.82, 2.24) is 10.2 Å². The summed E-state index contributed by atoms with van der Waals surface area (Å²) in [5.74, 6) is -0.343. The van der Waals surface area contributed by atoms with Gasteiger partial charge in [-0.25, -0.2) is 0 Å². The predicted molar refractivity (Wildman–Crippen MR) is 102 cm³/mol. The highest BCUT2D eigenvalue weighted by Gasteiger charge is 2.39. The van der Waals surface area contributed by atoms with Crippen LogP contribution in [0.5, 0.6) is 5.75 Å². The molecule has 25 heavy (non-hydrogen) atoms. The Bertz CT molecular complexity index is 593. The molecule has 2 rings (SSSR count). The van der Waals surface area contributed by atoms with Crippen LogP contribution in [0.25, 0.3) is 0 Å². The van der Waals surface area contributed by atoms with Crippen LogP contribution in [0.4, 0.5) is 13.2 Å². The highest BCUT2D eigenvalue weighted by atomic mass is 79.9. The minimum Gasteiger partial charge on any atom is -0.506 e. The Labute approximate surface area is 166 Å². The predicted octanol–water partition coefficient (Wildman–Crippen LogP) is 4.93. The normalized spacial score (nSPS) is 16.5.